The molecule has 2 aromatic rings. The van der Waals surface area contributed by atoms with E-state index < -0.39 is 20.9 Å². The minimum atomic E-state index is -4.10. The molecule has 0 saturated heterocycles. The quantitative estimate of drug-likeness (QED) is 0.877. The minimum Gasteiger partial charge on any atom is -0.478 e. The van der Waals surface area contributed by atoms with E-state index in [-0.39, 0.29) is 21.3 Å². The zero-order chi connectivity index (χ0) is 15.6. The van der Waals surface area contributed by atoms with Gasteiger partial charge in [0.1, 0.15) is 11.2 Å². The molecule has 0 radical (unpaired) electrons. The van der Waals surface area contributed by atoms with Gasteiger partial charge in [0, 0.05) is 0 Å². The number of halogens is 2. The van der Waals surface area contributed by atoms with Gasteiger partial charge in [0.25, 0.3) is 10.0 Å². The van der Waals surface area contributed by atoms with Crippen molar-refractivity contribution in [3.05, 3.63) is 46.5 Å². The van der Waals surface area contributed by atoms with Gasteiger partial charge in [0.15, 0.2) is 0 Å². The fourth-order valence-corrected chi connectivity index (χ4v) is 3.34. The van der Waals surface area contributed by atoms with E-state index in [0.29, 0.717) is 0 Å². The van der Waals surface area contributed by atoms with Gasteiger partial charge in [0.05, 0.1) is 33.7 Å². The van der Waals surface area contributed by atoms with Gasteiger partial charge < -0.3 is 5.11 Å². The van der Waals surface area contributed by atoms with Crippen molar-refractivity contribution in [1.29, 1.82) is 0 Å². The molecule has 0 amide bonds. The first-order chi connectivity index (χ1) is 9.81. The van der Waals surface area contributed by atoms with Crippen molar-refractivity contribution >= 4 is 44.9 Å². The lowest BCUT2D eigenvalue weighted by atomic mass is 10.2. The van der Waals surface area contributed by atoms with Crippen LogP contribution in [0.25, 0.3) is 0 Å². The van der Waals surface area contributed by atoms with Crippen LogP contribution in [0.4, 0.5) is 5.69 Å². The lowest BCUT2D eigenvalue weighted by Crippen LogP contribution is -2.15. The number of benzene rings is 1. The van der Waals surface area contributed by atoms with Crippen LogP contribution >= 0.6 is 23.2 Å². The summed E-state index contributed by atoms with van der Waals surface area (Å²) in [7, 11) is -4.10. The van der Waals surface area contributed by atoms with Crippen LogP contribution in [0.15, 0.2) is 35.7 Å². The summed E-state index contributed by atoms with van der Waals surface area (Å²) in [5.41, 5.74) is -0.258. The summed E-state index contributed by atoms with van der Waals surface area (Å²) >= 11 is 11.5. The van der Waals surface area contributed by atoms with Gasteiger partial charge in [-0.05, 0) is 12.1 Å². The molecular weight excluding hydrogens is 341 g/mol. The average Bonchev–Trinajstić information content (AvgIpc) is 2.38. The van der Waals surface area contributed by atoms with Crippen molar-refractivity contribution in [3.63, 3.8) is 0 Å². The smallest absolute Gasteiger partial charge is 0.337 e. The van der Waals surface area contributed by atoms with E-state index in [1.54, 1.807) is 0 Å². The molecule has 0 aliphatic heterocycles. The van der Waals surface area contributed by atoms with Gasteiger partial charge in [0.2, 0.25) is 0 Å². The summed E-state index contributed by atoms with van der Waals surface area (Å²) < 4.78 is 26.6. The van der Waals surface area contributed by atoms with Crippen LogP contribution in [-0.4, -0.2) is 29.5 Å². The SMILES string of the molecule is O=C(O)c1cc(S(=O)(=O)Nc2cncnc2)c(Cl)cc1Cl. The fourth-order valence-electron chi connectivity index (χ4n) is 1.46. The molecule has 0 spiro atoms. The Kier molecular flexibility index (Phi) is 4.31. The van der Waals surface area contributed by atoms with E-state index >= 15 is 0 Å². The molecule has 1 heterocycles. The first kappa shape index (κ1) is 15.5. The van der Waals surface area contributed by atoms with Crippen LogP contribution in [0, 0.1) is 0 Å². The van der Waals surface area contributed by atoms with Gasteiger partial charge in [-0.25, -0.2) is 23.2 Å². The van der Waals surface area contributed by atoms with Gasteiger partial charge in [-0.2, -0.15) is 0 Å². The van der Waals surface area contributed by atoms with Gasteiger partial charge in [-0.15, -0.1) is 0 Å². The van der Waals surface area contributed by atoms with E-state index in [0.717, 1.165) is 12.1 Å². The molecular formula is C11H7Cl2N3O4S. The molecule has 0 aliphatic carbocycles. The third-order valence-corrected chi connectivity index (χ3v) is 4.51. The summed E-state index contributed by atoms with van der Waals surface area (Å²) in [6.07, 6.45) is 3.72. The molecule has 7 nitrogen and oxygen atoms in total. The second kappa shape index (κ2) is 5.84. The molecule has 110 valence electrons. The number of hydrogen-bond acceptors (Lipinski definition) is 5. The number of rotatable bonds is 4. The predicted octanol–water partition coefficient (Wildman–Crippen LogP) is 2.28. The maximum absolute atomic E-state index is 12.2. The summed E-state index contributed by atoms with van der Waals surface area (Å²) in [5, 5.41) is 8.62. The highest BCUT2D eigenvalue weighted by atomic mass is 35.5. The average molecular weight is 348 g/mol. The first-order valence-electron chi connectivity index (χ1n) is 5.31. The molecule has 2 N–H and O–H groups in total. The van der Waals surface area contributed by atoms with Crippen molar-refractivity contribution in [3.8, 4) is 0 Å². The molecule has 1 aromatic heterocycles. The van der Waals surface area contributed by atoms with Crippen molar-refractivity contribution in [2.24, 2.45) is 0 Å². The Morgan fingerprint density at radius 2 is 1.76 bits per heavy atom. The zero-order valence-electron chi connectivity index (χ0n) is 10.1. The van der Waals surface area contributed by atoms with Gasteiger partial charge in [-0.3, -0.25) is 4.72 Å². The Hall–Kier alpha value is -1.90. The predicted molar refractivity (Wildman–Crippen MR) is 76.3 cm³/mol. The van der Waals surface area contributed by atoms with Crippen LogP contribution < -0.4 is 4.72 Å². The summed E-state index contributed by atoms with van der Waals surface area (Å²) in [6.45, 7) is 0. The van der Waals surface area contributed by atoms with E-state index in [1.165, 1.54) is 18.7 Å². The van der Waals surface area contributed by atoms with Crippen molar-refractivity contribution in [2.45, 2.75) is 4.90 Å². The normalized spacial score (nSPS) is 11.1. The number of aromatic nitrogens is 2. The van der Waals surface area contributed by atoms with E-state index in [2.05, 4.69) is 14.7 Å². The fraction of sp³-hybridized carbons (Fsp3) is 0. The minimum absolute atomic E-state index is 0.111. The molecule has 0 bridgehead atoms. The number of hydrogen-bond donors (Lipinski definition) is 2. The maximum Gasteiger partial charge on any atom is 0.337 e. The zero-order valence-corrected chi connectivity index (χ0v) is 12.4. The molecule has 0 aliphatic rings. The number of nitrogens with one attached hydrogen (secondary N) is 1. The number of carbonyl (C=O) groups is 1. The first-order valence-corrected chi connectivity index (χ1v) is 7.55. The van der Waals surface area contributed by atoms with Crippen LogP contribution in [0.3, 0.4) is 0 Å². The highest BCUT2D eigenvalue weighted by Crippen LogP contribution is 2.29. The van der Waals surface area contributed by atoms with Gasteiger partial charge >= 0.3 is 5.97 Å². The summed E-state index contributed by atoms with van der Waals surface area (Å²) in [5.74, 6) is -1.36. The Morgan fingerprint density at radius 1 is 1.14 bits per heavy atom. The molecule has 21 heavy (non-hydrogen) atoms. The molecule has 1 aromatic carbocycles. The molecule has 10 heteroatoms. The second-order valence-corrected chi connectivity index (χ2v) is 6.27. The maximum atomic E-state index is 12.2. The van der Waals surface area contributed by atoms with E-state index in [4.69, 9.17) is 28.3 Å². The number of nitrogens with zero attached hydrogens (tertiary/aromatic N) is 2. The topological polar surface area (TPSA) is 109 Å². The van der Waals surface area contributed by atoms with Gasteiger partial charge in [-0.1, -0.05) is 23.2 Å². The van der Waals surface area contributed by atoms with E-state index in [1.807, 2.05) is 0 Å². The second-order valence-electron chi connectivity index (χ2n) is 3.80. The highest BCUT2D eigenvalue weighted by Gasteiger charge is 2.22. The third-order valence-electron chi connectivity index (χ3n) is 2.35. The molecule has 0 atom stereocenters. The monoisotopic (exact) mass is 347 g/mol. The Labute approximate surface area is 129 Å². The number of carboxylic acid groups (broad SMARTS) is 1. The molecule has 0 saturated carbocycles. The molecule has 0 unspecified atom stereocenters. The number of aromatic carboxylic acids is 1. The van der Waals surface area contributed by atoms with Crippen molar-refractivity contribution in [1.82, 2.24) is 9.97 Å². The highest BCUT2D eigenvalue weighted by molar-refractivity contribution is 7.92. The summed E-state index contributed by atoms with van der Waals surface area (Å²) in [6, 6.07) is 1.95. The number of anilines is 1. The third kappa shape index (κ3) is 3.41. The standard InChI is InChI=1S/C11H7Cl2N3O4S/c12-8-2-9(13)10(1-7(8)11(17)18)21(19,20)16-6-3-14-5-15-4-6/h1-5,16H,(H,17,18). The summed E-state index contributed by atoms with van der Waals surface area (Å²) in [4.78, 5) is 17.9. The largest absolute Gasteiger partial charge is 0.478 e. The Bertz CT molecular complexity index is 797. The van der Waals surface area contributed by atoms with Crippen LogP contribution in [0.5, 0.6) is 0 Å². The van der Waals surface area contributed by atoms with Crippen molar-refractivity contribution < 1.29 is 18.3 Å². The lowest BCUT2D eigenvalue weighted by molar-refractivity contribution is 0.0697. The van der Waals surface area contributed by atoms with Crippen LogP contribution in [0.2, 0.25) is 10.0 Å². The Morgan fingerprint density at radius 3 is 2.33 bits per heavy atom. The number of sulfonamides is 1. The Balaban J connectivity index is 2.50. The number of carboxylic acids is 1. The van der Waals surface area contributed by atoms with Crippen LogP contribution in [-0.2, 0) is 10.0 Å². The molecule has 0 fully saturated rings. The van der Waals surface area contributed by atoms with Crippen LogP contribution in [0.1, 0.15) is 10.4 Å². The lowest BCUT2D eigenvalue weighted by Gasteiger charge is -2.10. The van der Waals surface area contributed by atoms with Crippen molar-refractivity contribution in [2.75, 3.05) is 4.72 Å². The van der Waals surface area contributed by atoms with E-state index in [9.17, 15) is 13.2 Å². The molecule has 2 rings (SSSR count).